The predicted octanol–water partition coefficient (Wildman–Crippen LogP) is 2.18. The van der Waals surface area contributed by atoms with Crippen molar-refractivity contribution >= 4 is 22.5 Å². The van der Waals surface area contributed by atoms with E-state index in [1.807, 2.05) is 18.2 Å². The molecule has 1 amide bonds. The maximum atomic E-state index is 12.3. The summed E-state index contributed by atoms with van der Waals surface area (Å²) in [6.45, 7) is 0. The first-order valence-electron chi connectivity index (χ1n) is 6.61. The molecule has 0 aliphatic carbocycles. The number of hydrogen-bond acceptors (Lipinski definition) is 4. The van der Waals surface area contributed by atoms with Crippen LogP contribution in [-0.4, -0.2) is 23.0 Å². The van der Waals surface area contributed by atoms with Gasteiger partial charge in [-0.05, 0) is 24.3 Å². The highest BCUT2D eigenvalue weighted by Gasteiger charge is 2.11. The summed E-state index contributed by atoms with van der Waals surface area (Å²) in [4.78, 5) is 30.9. The number of carbonyl (C=O) groups excluding carboxylic acids is 1. The summed E-state index contributed by atoms with van der Waals surface area (Å²) in [7, 11) is 1.40. The van der Waals surface area contributed by atoms with Gasteiger partial charge < -0.3 is 15.0 Å². The van der Waals surface area contributed by atoms with Crippen molar-refractivity contribution in [3.63, 3.8) is 0 Å². The molecule has 3 rings (SSSR count). The monoisotopic (exact) mass is 295 g/mol. The maximum absolute atomic E-state index is 12.3. The number of nitrogens with zero attached hydrogens (tertiary/aromatic N) is 1. The molecule has 22 heavy (non-hydrogen) atoms. The van der Waals surface area contributed by atoms with E-state index in [0.717, 1.165) is 10.9 Å². The maximum Gasteiger partial charge on any atom is 0.272 e. The fourth-order valence-electron chi connectivity index (χ4n) is 2.15. The number of H-pyrrole nitrogens is 1. The van der Waals surface area contributed by atoms with Crippen LogP contribution in [0.15, 0.2) is 53.6 Å². The minimum Gasteiger partial charge on any atom is -0.491 e. The van der Waals surface area contributed by atoms with Crippen molar-refractivity contribution in [3.05, 3.63) is 64.7 Å². The number of amides is 1. The Morgan fingerprint density at radius 3 is 2.91 bits per heavy atom. The third-order valence-corrected chi connectivity index (χ3v) is 3.24. The quantitative estimate of drug-likeness (QED) is 0.775. The van der Waals surface area contributed by atoms with E-state index < -0.39 is 5.91 Å². The normalized spacial score (nSPS) is 10.4. The van der Waals surface area contributed by atoms with Crippen LogP contribution in [0.25, 0.3) is 10.9 Å². The Morgan fingerprint density at radius 1 is 1.27 bits per heavy atom. The van der Waals surface area contributed by atoms with Crippen molar-refractivity contribution in [1.29, 1.82) is 0 Å². The van der Waals surface area contributed by atoms with Gasteiger partial charge in [0.05, 0.1) is 18.3 Å². The molecule has 0 unspecified atom stereocenters. The van der Waals surface area contributed by atoms with E-state index in [-0.39, 0.29) is 16.9 Å². The van der Waals surface area contributed by atoms with Crippen LogP contribution in [0.1, 0.15) is 10.5 Å². The topological polar surface area (TPSA) is 84.1 Å². The molecule has 0 aliphatic rings. The minimum absolute atomic E-state index is 0.158. The van der Waals surface area contributed by atoms with Crippen LogP contribution in [0, 0.1) is 0 Å². The van der Waals surface area contributed by atoms with Crippen LogP contribution in [0.5, 0.6) is 5.75 Å². The lowest BCUT2D eigenvalue weighted by Gasteiger charge is -2.08. The molecule has 3 aromatic rings. The van der Waals surface area contributed by atoms with Gasteiger partial charge in [-0.25, -0.2) is 0 Å². The molecule has 0 saturated carbocycles. The summed E-state index contributed by atoms with van der Waals surface area (Å²) < 4.78 is 4.87. The van der Waals surface area contributed by atoms with Crippen molar-refractivity contribution in [2.75, 3.05) is 12.4 Å². The van der Waals surface area contributed by atoms with Crippen LogP contribution in [0.3, 0.4) is 0 Å². The van der Waals surface area contributed by atoms with E-state index in [1.54, 1.807) is 18.3 Å². The van der Waals surface area contributed by atoms with Crippen LogP contribution in [0.2, 0.25) is 0 Å². The van der Waals surface area contributed by atoms with E-state index >= 15 is 0 Å². The van der Waals surface area contributed by atoms with Gasteiger partial charge in [0, 0.05) is 23.8 Å². The lowest BCUT2D eigenvalue weighted by Crippen LogP contribution is -2.17. The Labute approximate surface area is 125 Å². The Hall–Kier alpha value is -3.15. The van der Waals surface area contributed by atoms with Crippen LogP contribution < -0.4 is 15.5 Å². The predicted molar refractivity (Wildman–Crippen MR) is 83.3 cm³/mol. The largest absolute Gasteiger partial charge is 0.491 e. The van der Waals surface area contributed by atoms with E-state index in [4.69, 9.17) is 4.74 Å². The molecule has 2 aromatic heterocycles. The standard InChI is InChI=1S/C16H13N3O3/c1-22-15-9-18-13(8-14(15)20)16(21)19-12-6-2-5-11-10(12)4-3-7-17-11/h2-9H,1H3,(H,18,20)(H,19,21). The average molecular weight is 295 g/mol. The number of rotatable bonds is 3. The number of ether oxygens (including phenoxy) is 1. The Kier molecular flexibility index (Phi) is 3.57. The van der Waals surface area contributed by atoms with Gasteiger partial charge in [0.25, 0.3) is 5.91 Å². The van der Waals surface area contributed by atoms with Gasteiger partial charge in [-0.1, -0.05) is 6.07 Å². The SMILES string of the molecule is COc1c[nH]c(C(=O)Nc2cccc3ncccc23)cc1=O. The molecule has 6 heteroatoms. The highest BCUT2D eigenvalue weighted by Crippen LogP contribution is 2.21. The van der Waals surface area contributed by atoms with Gasteiger partial charge >= 0.3 is 0 Å². The minimum atomic E-state index is -0.406. The summed E-state index contributed by atoms with van der Waals surface area (Å²) in [6.07, 6.45) is 3.05. The summed E-state index contributed by atoms with van der Waals surface area (Å²) in [5, 5.41) is 3.60. The molecule has 2 heterocycles. The van der Waals surface area contributed by atoms with E-state index in [0.29, 0.717) is 5.69 Å². The van der Waals surface area contributed by atoms with Gasteiger partial charge in [-0.15, -0.1) is 0 Å². The molecule has 0 atom stereocenters. The van der Waals surface area contributed by atoms with Crippen molar-refractivity contribution < 1.29 is 9.53 Å². The smallest absolute Gasteiger partial charge is 0.272 e. The molecule has 0 fully saturated rings. The first kappa shape index (κ1) is 13.8. The van der Waals surface area contributed by atoms with Crippen LogP contribution in [0.4, 0.5) is 5.69 Å². The number of anilines is 1. The number of nitrogens with one attached hydrogen (secondary N) is 2. The summed E-state index contributed by atoms with van der Waals surface area (Å²) in [5.74, 6) is -0.248. The third-order valence-electron chi connectivity index (χ3n) is 3.24. The van der Waals surface area contributed by atoms with Crippen molar-refractivity contribution in [1.82, 2.24) is 9.97 Å². The fourth-order valence-corrected chi connectivity index (χ4v) is 2.15. The number of fused-ring (bicyclic) bond motifs is 1. The summed E-state index contributed by atoms with van der Waals surface area (Å²) in [6, 6.07) is 10.3. The molecule has 0 radical (unpaired) electrons. The number of benzene rings is 1. The molecule has 6 nitrogen and oxygen atoms in total. The fraction of sp³-hybridized carbons (Fsp3) is 0.0625. The second kappa shape index (κ2) is 5.69. The number of aromatic nitrogens is 2. The highest BCUT2D eigenvalue weighted by atomic mass is 16.5. The van der Waals surface area contributed by atoms with Crippen LogP contribution >= 0.6 is 0 Å². The van der Waals surface area contributed by atoms with Gasteiger partial charge in [-0.2, -0.15) is 0 Å². The lowest BCUT2D eigenvalue weighted by molar-refractivity contribution is 0.102. The van der Waals surface area contributed by atoms with E-state index in [1.165, 1.54) is 19.4 Å². The zero-order valence-electron chi connectivity index (χ0n) is 11.8. The number of hydrogen-bond donors (Lipinski definition) is 2. The third kappa shape index (κ3) is 2.54. The van der Waals surface area contributed by atoms with E-state index in [9.17, 15) is 9.59 Å². The van der Waals surface area contributed by atoms with Crippen molar-refractivity contribution in [2.45, 2.75) is 0 Å². The molecule has 0 spiro atoms. The average Bonchev–Trinajstić information content (AvgIpc) is 2.55. The lowest BCUT2D eigenvalue weighted by atomic mass is 10.2. The Bertz CT molecular complexity index is 897. The first-order chi connectivity index (χ1) is 10.7. The number of aromatic amines is 1. The summed E-state index contributed by atoms with van der Waals surface area (Å²) >= 11 is 0. The zero-order chi connectivity index (χ0) is 15.5. The molecule has 1 aromatic carbocycles. The Morgan fingerprint density at radius 2 is 2.14 bits per heavy atom. The number of pyridine rings is 2. The van der Waals surface area contributed by atoms with Gasteiger partial charge in [-0.3, -0.25) is 14.6 Å². The number of methoxy groups -OCH3 is 1. The van der Waals surface area contributed by atoms with Gasteiger partial charge in [0.2, 0.25) is 5.43 Å². The van der Waals surface area contributed by atoms with Gasteiger partial charge in [0.1, 0.15) is 5.69 Å². The van der Waals surface area contributed by atoms with Gasteiger partial charge in [0.15, 0.2) is 5.75 Å². The summed E-state index contributed by atoms with van der Waals surface area (Å²) in [5.41, 5.74) is 1.22. The number of carbonyl (C=O) groups is 1. The van der Waals surface area contributed by atoms with Crippen molar-refractivity contribution in [2.24, 2.45) is 0 Å². The van der Waals surface area contributed by atoms with Crippen molar-refractivity contribution in [3.8, 4) is 5.75 Å². The second-order valence-corrected chi connectivity index (χ2v) is 4.61. The zero-order valence-corrected chi connectivity index (χ0v) is 11.8. The Balaban J connectivity index is 1.93. The van der Waals surface area contributed by atoms with E-state index in [2.05, 4.69) is 15.3 Å². The molecule has 0 bridgehead atoms. The molecule has 0 aliphatic heterocycles. The molecular weight excluding hydrogens is 282 g/mol. The van der Waals surface area contributed by atoms with Crippen LogP contribution in [-0.2, 0) is 0 Å². The molecular formula is C16H13N3O3. The highest BCUT2D eigenvalue weighted by molar-refractivity contribution is 6.07. The molecule has 2 N–H and O–H groups in total. The molecule has 0 saturated heterocycles. The molecule has 110 valence electrons. The second-order valence-electron chi connectivity index (χ2n) is 4.61. The first-order valence-corrected chi connectivity index (χ1v) is 6.61.